The predicted molar refractivity (Wildman–Crippen MR) is 56.3 cm³/mol. The molecule has 0 aromatic heterocycles. The van der Waals surface area contributed by atoms with Gasteiger partial charge in [0, 0.05) is 0 Å². The summed E-state index contributed by atoms with van der Waals surface area (Å²) in [4.78, 5) is 23.4. The van der Waals surface area contributed by atoms with Gasteiger partial charge in [-0.2, -0.15) is 0 Å². The van der Waals surface area contributed by atoms with Crippen LogP contribution in [0.3, 0.4) is 0 Å². The molecule has 0 saturated carbocycles. The van der Waals surface area contributed by atoms with E-state index in [2.05, 4.69) is 0 Å². The van der Waals surface area contributed by atoms with Gasteiger partial charge in [0.25, 0.3) is 0 Å². The molecule has 4 heteroatoms. The van der Waals surface area contributed by atoms with Crippen LogP contribution in [0.4, 0.5) is 0 Å². The van der Waals surface area contributed by atoms with E-state index < -0.39 is 11.9 Å². The lowest BCUT2D eigenvalue weighted by atomic mass is 10.1. The molecule has 16 heavy (non-hydrogen) atoms. The molecule has 0 aliphatic heterocycles. The first-order chi connectivity index (χ1) is 7.65. The summed E-state index contributed by atoms with van der Waals surface area (Å²) in [5, 5.41) is 9.56. The minimum atomic E-state index is -0.789. The van der Waals surface area contributed by atoms with E-state index in [-0.39, 0.29) is 23.7 Å². The first-order valence-electron chi connectivity index (χ1n) is 5.16. The van der Waals surface area contributed by atoms with Crippen LogP contribution < -0.4 is 0 Å². The topological polar surface area (TPSA) is 63.6 Å². The van der Waals surface area contributed by atoms with Crippen LogP contribution in [0, 0.1) is 5.92 Å². The van der Waals surface area contributed by atoms with Gasteiger partial charge in [0.15, 0.2) is 5.78 Å². The molecule has 1 aliphatic rings. The molecule has 0 amide bonds. The Bertz CT molecular complexity index is 450. The third-order valence-electron chi connectivity index (χ3n) is 2.69. The first-order valence-corrected chi connectivity index (χ1v) is 5.16. The Balaban J connectivity index is 2.31. The zero-order chi connectivity index (χ0) is 11.7. The third kappa shape index (κ3) is 1.56. The number of ether oxygens (including phenoxy) is 1. The van der Waals surface area contributed by atoms with Gasteiger partial charge in [-0.3, -0.25) is 9.59 Å². The molecule has 1 N–H and O–H groups in total. The van der Waals surface area contributed by atoms with Crippen molar-refractivity contribution in [3.8, 4) is 5.75 Å². The van der Waals surface area contributed by atoms with E-state index in [1.807, 2.05) is 0 Å². The number of hydrogen-bond donors (Lipinski definition) is 1. The second kappa shape index (κ2) is 3.96. The number of hydrogen-bond acceptors (Lipinski definition) is 4. The quantitative estimate of drug-likeness (QED) is 0.603. The van der Waals surface area contributed by atoms with Gasteiger partial charge in [0.2, 0.25) is 0 Å². The lowest BCUT2D eigenvalue weighted by Gasteiger charge is -2.06. The predicted octanol–water partition coefficient (Wildman–Crippen LogP) is 1.31. The summed E-state index contributed by atoms with van der Waals surface area (Å²) in [7, 11) is 0. The number of aromatic hydroxyl groups is 1. The second-order valence-corrected chi connectivity index (χ2v) is 3.68. The Kier molecular flexibility index (Phi) is 2.64. The standard InChI is InChI=1S/C12H12O4/c1-2-16-12(15)8-6-7-4-3-5-9(13)10(7)11(8)14/h3-5,8,13H,2,6H2,1H3. The Morgan fingerprint density at radius 1 is 1.56 bits per heavy atom. The minimum absolute atomic E-state index is 0.0608. The fourth-order valence-electron chi connectivity index (χ4n) is 1.96. The summed E-state index contributed by atoms with van der Waals surface area (Å²) < 4.78 is 4.83. The Labute approximate surface area is 92.8 Å². The molecule has 0 saturated heterocycles. The van der Waals surface area contributed by atoms with E-state index in [0.717, 1.165) is 0 Å². The molecule has 1 atom stereocenters. The summed E-state index contributed by atoms with van der Waals surface area (Å²) in [5.74, 6) is -1.70. The van der Waals surface area contributed by atoms with Crippen molar-refractivity contribution >= 4 is 11.8 Å². The average Bonchev–Trinajstić information content (AvgIpc) is 2.58. The smallest absolute Gasteiger partial charge is 0.317 e. The van der Waals surface area contributed by atoms with Crippen molar-refractivity contribution in [3.05, 3.63) is 29.3 Å². The molecular formula is C12H12O4. The maximum absolute atomic E-state index is 11.9. The molecule has 0 bridgehead atoms. The normalized spacial score (nSPS) is 18.3. The van der Waals surface area contributed by atoms with E-state index in [1.54, 1.807) is 19.1 Å². The van der Waals surface area contributed by atoms with Crippen molar-refractivity contribution in [1.82, 2.24) is 0 Å². The number of esters is 1. The molecule has 1 unspecified atom stereocenters. The van der Waals surface area contributed by atoms with Crippen LogP contribution in [0.1, 0.15) is 22.8 Å². The van der Waals surface area contributed by atoms with E-state index in [9.17, 15) is 14.7 Å². The van der Waals surface area contributed by atoms with E-state index >= 15 is 0 Å². The fourth-order valence-corrected chi connectivity index (χ4v) is 1.96. The zero-order valence-electron chi connectivity index (χ0n) is 8.90. The highest BCUT2D eigenvalue weighted by Crippen LogP contribution is 2.33. The van der Waals surface area contributed by atoms with Crippen LogP contribution in [0.25, 0.3) is 0 Å². The number of fused-ring (bicyclic) bond motifs is 1. The van der Waals surface area contributed by atoms with Crippen LogP contribution in [0.2, 0.25) is 0 Å². The number of carbonyl (C=O) groups excluding carboxylic acids is 2. The molecule has 0 radical (unpaired) electrons. The molecular weight excluding hydrogens is 208 g/mol. The maximum atomic E-state index is 11.9. The van der Waals surface area contributed by atoms with Crippen LogP contribution in [0.15, 0.2) is 18.2 Å². The van der Waals surface area contributed by atoms with Gasteiger partial charge in [-0.1, -0.05) is 12.1 Å². The molecule has 2 rings (SSSR count). The van der Waals surface area contributed by atoms with Crippen LogP contribution in [0.5, 0.6) is 5.75 Å². The van der Waals surface area contributed by atoms with Crippen molar-refractivity contribution in [2.24, 2.45) is 5.92 Å². The van der Waals surface area contributed by atoms with E-state index in [0.29, 0.717) is 12.0 Å². The van der Waals surface area contributed by atoms with Gasteiger partial charge in [-0.25, -0.2) is 0 Å². The van der Waals surface area contributed by atoms with Gasteiger partial charge in [0.1, 0.15) is 11.7 Å². The second-order valence-electron chi connectivity index (χ2n) is 3.68. The molecule has 4 nitrogen and oxygen atoms in total. The third-order valence-corrected chi connectivity index (χ3v) is 2.69. The van der Waals surface area contributed by atoms with Gasteiger partial charge in [-0.15, -0.1) is 0 Å². The number of rotatable bonds is 2. The first kappa shape index (κ1) is 10.7. The van der Waals surface area contributed by atoms with Crippen LogP contribution >= 0.6 is 0 Å². The number of Topliss-reactive ketones (excluding diaryl/α,β-unsaturated/α-hetero) is 1. The van der Waals surface area contributed by atoms with Gasteiger partial charge < -0.3 is 9.84 Å². The lowest BCUT2D eigenvalue weighted by Crippen LogP contribution is -2.23. The van der Waals surface area contributed by atoms with Crippen molar-refractivity contribution in [2.75, 3.05) is 6.61 Å². The van der Waals surface area contributed by atoms with Crippen LogP contribution in [-0.2, 0) is 16.0 Å². The van der Waals surface area contributed by atoms with Crippen molar-refractivity contribution < 1.29 is 19.4 Å². The Morgan fingerprint density at radius 2 is 2.31 bits per heavy atom. The van der Waals surface area contributed by atoms with E-state index in [4.69, 9.17) is 4.74 Å². The highest BCUT2D eigenvalue weighted by Gasteiger charge is 2.38. The minimum Gasteiger partial charge on any atom is -0.507 e. The molecule has 0 spiro atoms. The van der Waals surface area contributed by atoms with Crippen molar-refractivity contribution in [1.29, 1.82) is 0 Å². The fraction of sp³-hybridized carbons (Fsp3) is 0.333. The van der Waals surface area contributed by atoms with Crippen molar-refractivity contribution in [3.63, 3.8) is 0 Å². The van der Waals surface area contributed by atoms with E-state index in [1.165, 1.54) is 6.07 Å². The molecule has 84 valence electrons. The molecule has 1 aliphatic carbocycles. The SMILES string of the molecule is CCOC(=O)C1Cc2cccc(O)c2C1=O. The Hall–Kier alpha value is -1.84. The van der Waals surface area contributed by atoms with Gasteiger partial charge in [0.05, 0.1) is 12.2 Å². The average molecular weight is 220 g/mol. The largest absolute Gasteiger partial charge is 0.507 e. The summed E-state index contributed by atoms with van der Waals surface area (Å²) in [6, 6.07) is 4.85. The van der Waals surface area contributed by atoms with Crippen molar-refractivity contribution in [2.45, 2.75) is 13.3 Å². The number of benzene rings is 1. The van der Waals surface area contributed by atoms with Gasteiger partial charge in [-0.05, 0) is 25.0 Å². The number of carbonyl (C=O) groups is 2. The molecule has 0 heterocycles. The number of ketones is 1. The highest BCUT2D eigenvalue weighted by atomic mass is 16.5. The zero-order valence-corrected chi connectivity index (χ0v) is 8.90. The summed E-state index contributed by atoms with van der Waals surface area (Å²) in [5.41, 5.74) is 0.976. The molecule has 1 aromatic carbocycles. The van der Waals surface area contributed by atoms with Gasteiger partial charge >= 0.3 is 5.97 Å². The lowest BCUT2D eigenvalue weighted by molar-refractivity contribution is -0.145. The van der Waals surface area contributed by atoms with Crippen LogP contribution in [-0.4, -0.2) is 23.5 Å². The summed E-state index contributed by atoms with van der Waals surface area (Å²) in [6.07, 6.45) is 0.321. The number of phenolic OH excluding ortho intramolecular Hbond substituents is 1. The monoisotopic (exact) mass is 220 g/mol. The molecule has 1 aromatic rings. The summed E-state index contributed by atoms with van der Waals surface area (Å²) >= 11 is 0. The molecule has 0 fully saturated rings. The Morgan fingerprint density at radius 3 is 2.94 bits per heavy atom. The number of phenols is 1. The summed E-state index contributed by atoms with van der Waals surface area (Å²) in [6.45, 7) is 1.95. The maximum Gasteiger partial charge on any atom is 0.317 e. The highest BCUT2D eigenvalue weighted by molar-refractivity contribution is 6.13.